The van der Waals surface area contributed by atoms with E-state index < -0.39 is 0 Å². The third-order valence-corrected chi connectivity index (χ3v) is 8.39. The number of ether oxygens (including phenoxy) is 3. The van der Waals surface area contributed by atoms with E-state index in [0.717, 1.165) is 62.8 Å². The summed E-state index contributed by atoms with van der Waals surface area (Å²) in [5, 5.41) is 3.37. The summed E-state index contributed by atoms with van der Waals surface area (Å²) in [7, 11) is 3.80. The molecule has 2 fully saturated rings. The number of aromatic nitrogens is 2. The number of rotatable bonds is 11. The second-order valence-corrected chi connectivity index (χ2v) is 13.0. The Labute approximate surface area is 280 Å². The molecule has 2 aliphatic heterocycles. The van der Waals surface area contributed by atoms with Gasteiger partial charge in [0.1, 0.15) is 6.29 Å². The molecule has 1 aromatic carbocycles. The Balaban J connectivity index is 0.000000421. The molecule has 2 saturated heterocycles. The number of methoxy groups -OCH3 is 1. The lowest BCUT2D eigenvalue weighted by molar-refractivity contribution is -0.131. The van der Waals surface area contributed by atoms with E-state index >= 15 is 0 Å². The van der Waals surface area contributed by atoms with Gasteiger partial charge in [0.2, 0.25) is 0 Å². The highest BCUT2D eigenvalue weighted by atomic mass is 16.5. The van der Waals surface area contributed by atoms with E-state index in [-0.39, 0.29) is 17.6 Å². The first-order valence-electron chi connectivity index (χ1n) is 16.7. The zero-order chi connectivity index (χ0) is 34.4. The average Bonchev–Trinajstić information content (AvgIpc) is 3.39. The van der Waals surface area contributed by atoms with Crippen molar-refractivity contribution in [2.75, 3.05) is 65.1 Å². The number of hydrogen-bond donors (Lipinski definition) is 2. The minimum atomic E-state index is -0.296. The highest BCUT2D eigenvalue weighted by molar-refractivity contribution is 5.94. The van der Waals surface area contributed by atoms with E-state index in [9.17, 15) is 9.59 Å². The monoisotopic (exact) mass is 652 g/mol. The number of pyridine rings is 1. The van der Waals surface area contributed by atoms with Gasteiger partial charge >= 0.3 is 0 Å². The van der Waals surface area contributed by atoms with Crippen LogP contribution in [0, 0.1) is 5.41 Å². The number of morpholine rings is 1. The van der Waals surface area contributed by atoms with Crippen LogP contribution in [0.4, 0.5) is 5.69 Å². The molecule has 11 nitrogen and oxygen atoms in total. The number of benzene rings is 1. The fourth-order valence-electron chi connectivity index (χ4n) is 5.91. The van der Waals surface area contributed by atoms with Gasteiger partial charge in [-0.1, -0.05) is 13.8 Å². The molecule has 5 rings (SSSR count). The molecule has 0 amide bonds. The Morgan fingerprint density at radius 1 is 1.13 bits per heavy atom. The first kappa shape index (κ1) is 38.1. The number of carbonyl (C=O) groups excluding carboxylic acids is 2. The molecule has 2 aromatic heterocycles. The molecular formula is C36H56N6O5. The molecule has 3 aromatic rings. The van der Waals surface area contributed by atoms with Crippen LogP contribution in [0.25, 0.3) is 22.2 Å². The second-order valence-electron chi connectivity index (χ2n) is 13.0. The highest BCUT2D eigenvalue weighted by Crippen LogP contribution is 2.41. The van der Waals surface area contributed by atoms with Crippen molar-refractivity contribution in [1.29, 1.82) is 0 Å². The Bertz CT molecular complexity index is 1400. The summed E-state index contributed by atoms with van der Waals surface area (Å²) in [6.45, 7) is 17.5. The maximum atomic E-state index is 11.0. The number of aldehydes is 1. The number of nitrogens with zero attached hydrogens (tertiary/aromatic N) is 4. The van der Waals surface area contributed by atoms with Crippen LogP contribution in [-0.2, 0) is 36.8 Å². The van der Waals surface area contributed by atoms with Crippen LogP contribution in [0.1, 0.15) is 64.8 Å². The van der Waals surface area contributed by atoms with Crippen LogP contribution in [0.15, 0.2) is 36.5 Å². The smallest absolute Gasteiger partial charge is 0.293 e. The molecule has 11 heteroatoms. The molecule has 3 N–H and O–H groups in total. The molecule has 2 aliphatic rings. The van der Waals surface area contributed by atoms with E-state index in [1.165, 1.54) is 41.5 Å². The molecular weight excluding hydrogens is 596 g/mol. The maximum Gasteiger partial charge on any atom is 0.293 e. The fraction of sp³-hybridized carbons (Fsp3) is 0.583. The molecule has 0 aliphatic carbocycles. The van der Waals surface area contributed by atoms with Crippen LogP contribution in [0.2, 0.25) is 0 Å². The second kappa shape index (κ2) is 18.8. The number of anilines is 1. The third kappa shape index (κ3) is 10.8. The van der Waals surface area contributed by atoms with Gasteiger partial charge in [-0.25, -0.2) is 5.01 Å². The number of carbonyl (C=O) groups is 2. The van der Waals surface area contributed by atoms with E-state index in [1.807, 2.05) is 19.2 Å². The molecule has 0 radical (unpaired) electrons. The lowest BCUT2D eigenvalue weighted by Gasteiger charge is -2.29. The summed E-state index contributed by atoms with van der Waals surface area (Å²) >= 11 is 0. The van der Waals surface area contributed by atoms with Crippen molar-refractivity contribution in [3.8, 4) is 11.3 Å². The summed E-state index contributed by atoms with van der Waals surface area (Å²) in [6, 6.07) is 10.6. The van der Waals surface area contributed by atoms with Gasteiger partial charge in [-0.05, 0) is 75.9 Å². The molecule has 0 saturated carbocycles. The Kier molecular flexibility index (Phi) is 15.3. The molecule has 260 valence electrons. The van der Waals surface area contributed by atoms with Crippen LogP contribution < -0.4 is 16.1 Å². The zero-order valence-electron chi connectivity index (χ0n) is 29.5. The number of aryl methyl sites for hydroxylation is 1. The standard InChI is InChI=1S/C28H37N3O4.C5H12N2.C3H7NO/c1-6-31-25-10-9-21(30-12-14-34-15-13-30)16-23(25)24(17-28(3,4)18-35-19-32)27(31)22-8-7-11-29-26(22)20(2)33-5;1-7-5-3-2-4-6-7;1-3(4)2-5/h7-11,16,19-20H,6,12-15,17-18H2,1-5H3;6H,2-5H2,1H3;2-3H,4H2,1H3. The van der Waals surface area contributed by atoms with Crippen LogP contribution in [0.5, 0.6) is 0 Å². The predicted molar refractivity (Wildman–Crippen MR) is 188 cm³/mol. The number of hydrogen-bond acceptors (Lipinski definition) is 10. The lowest BCUT2D eigenvalue weighted by Crippen LogP contribution is -2.39. The van der Waals surface area contributed by atoms with Crippen molar-refractivity contribution in [2.45, 2.75) is 72.6 Å². The minimum Gasteiger partial charge on any atom is -0.467 e. The molecule has 2 atom stereocenters. The van der Waals surface area contributed by atoms with Gasteiger partial charge < -0.3 is 34.2 Å². The number of hydrazine groups is 1. The van der Waals surface area contributed by atoms with Crippen molar-refractivity contribution < 1.29 is 23.8 Å². The van der Waals surface area contributed by atoms with Gasteiger partial charge in [-0.15, -0.1) is 0 Å². The van der Waals surface area contributed by atoms with E-state index in [1.54, 1.807) is 14.0 Å². The Morgan fingerprint density at radius 2 is 1.85 bits per heavy atom. The summed E-state index contributed by atoms with van der Waals surface area (Å²) in [5.74, 6) is 0. The maximum absolute atomic E-state index is 11.0. The van der Waals surface area contributed by atoms with Gasteiger partial charge in [0.05, 0.1) is 43.4 Å². The van der Waals surface area contributed by atoms with Crippen molar-refractivity contribution in [1.82, 2.24) is 20.0 Å². The Morgan fingerprint density at radius 3 is 2.40 bits per heavy atom. The van der Waals surface area contributed by atoms with Crippen LogP contribution in [-0.4, -0.2) is 93.5 Å². The third-order valence-electron chi connectivity index (χ3n) is 8.39. The molecule has 0 spiro atoms. The summed E-state index contributed by atoms with van der Waals surface area (Å²) in [5.41, 5.74) is 14.7. The van der Waals surface area contributed by atoms with Crippen LogP contribution in [0.3, 0.4) is 0 Å². The molecule has 47 heavy (non-hydrogen) atoms. The first-order chi connectivity index (χ1) is 22.6. The van der Waals surface area contributed by atoms with Crippen molar-refractivity contribution in [3.63, 3.8) is 0 Å². The average molecular weight is 653 g/mol. The van der Waals surface area contributed by atoms with Crippen molar-refractivity contribution >= 4 is 29.3 Å². The fourth-order valence-corrected chi connectivity index (χ4v) is 5.91. The quantitative estimate of drug-likeness (QED) is 0.280. The van der Waals surface area contributed by atoms with Gasteiger partial charge in [-0.2, -0.15) is 0 Å². The predicted octanol–water partition coefficient (Wildman–Crippen LogP) is 4.76. The summed E-state index contributed by atoms with van der Waals surface area (Å²) in [6.07, 6.45) is 5.82. The van der Waals surface area contributed by atoms with E-state index in [4.69, 9.17) is 24.9 Å². The lowest BCUT2D eigenvalue weighted by atomic mass is 9.84. The van der Waals surface area contributed by atoms with Gasteiger partial charge in [-0.3, -0.25) is 15.2 Å². The van der Waals surface area contributed by atoms with Gasteiger partial charge in [0, 0.05) is 80.6 Å². The van der Waals surface area contributed by atoms with E-state index in [2.05, 4.69) is 72.0 Å². The first-order valence-corrected chi connectivity index (χ1v) is 16.7. The minimum absolute atomic E-state index is 0.141. The van der Waals surface area contributed by atoms with Crippen molar-refractivity contribution in [2.24, 2.45) is 11.1 Å². The summed E-state index contributed by atoms with van der Waals surface area (Å²) < 4.78 is 18.9. The largest absolute Gasteiger partial charge is 0.467 e. The highest BCUT2D eigenvalue weighted by Gasteiger charge is 2.28. The normalized spacial score (nSPS) is 16.7. The number of nitrogens with one attached hydrogen (secondary N) is 1. The van der Waals surface area contributed by atoms with Crippen LogP contribution >= 0.6 is 0 Å². The number of fused-ring (bicyclic) bond motifs is 1. The molecule has 4 heterocycles. The molecule has 0 bridgehead atoms. The summed E-state index contributed by atoms with van der Waals surface area (Å²) in [4.78, 5) is 27.4. The van der Waals surface area contributed by atoms with Gasteiger partial charge in [0.15, 0.2) is 0 Å². The molecule has 2 unspecified atom stereocenters. The Hall–Kier alpha value is -3.35. The van der Waals surface area contributed by atoms with E-state index in [0.29, 0.717) is 19.4 Å². The van der Waals surface area contributed by atoms with Crippen molar-refractivity contribution in [3.05, 3.63) is 47.8 Å². The SMILES string of the molecule is CC(N)C=O.CCn1c(-c2cccnc2C(C)OC)c(CC(C)(C)COC=O)c2cc(N3CCOCC3)ccc21.CN1CCCCN1. The number of nitrogens with two attached hydrogens (primary N) is 1. The zero-order valence-corrected chi connectivity index (χ0v) is 29.5. The topological polar surface area (TPSA) is 124 Å². The van der Waals surface area contributed by atoms with Gasteiger partial charge in [0.25, 0.3) is 6.47 Å².